The van der Waals surface area contributed by atoms with E-state index in [-0.39, 0.29) is 18.0 Å². The standard InChI is InChI=1S/C12H20O3/c1-2-15-12(14)10-6-8-4-3-5-9(7-10)11(8)13/h8-11,13H,2-7H2,1H3/t8-,9+,10?,11?. The Kier molecular flexibility index (Phi) is 3.29. The van der Waals surface area contributed by atoms with E-state index in [0.29, 0.717) is 18.4 Å². The molecule has 0 aromatic heterocycles. The Morgan fingerprint density at radius 1 is 1.33 bits per heavy atom. The number of rotatable bonds is 2. The first-order chi connectivity index (χ1) is 7.22. The first-order valence-corrected chi connectivity index (χ1v) is 6.07. The molecule has 2 bridgehead atoms. The lowest BCUT2D eigenvalue weighted by molar-refractivity contribution is -0.153. The Bertz CT molecular complexity index is 225. The number of carbonyl (C=O) groups excluding carboxylic acids is 1. The van der Waals surface area contributed by atoms with Crippen LogP contribution >= 0.6 is 0 Å². The van der Waals surface area contributed by atoms with Gasteiger partial charge in [0.2, 0.25) is 0 Å². The van der Waals surface area contributed by atoms with E-state index in [9.17, 15) is 9.90 Å². The highest BCUT2D eigenvalue weighted by Crippen LogP contribution is 2.43. The number of esters is 1. The molecule has 0 aliphatic heterocycles. The van der Waals surface area contributed by atoms with Gasteiger partial charge in [0.1, 0.15) is 0 Å². The quantitative estimate of drug-likeness (QED) is 0.709. The molecule has 0 aromatic rings. The zero-order chi connectivity index (χ0) is 10.8. The van der Waals surface area contributed by atoms with Gasteiger partial charge >= 0.3 is 5.97 Å². The first kappa shape index (κ1) is 10.9. The average Bonchev–Trinajstić information content (AvgIpc) is 2.17. The van der Waals surface area contributed by atoms with Crippen molar-refractivity contribution >= 4 is 5.97 Å². The van der Waals surface area contributed by atoms with E-state index < -0.39 is 0 Å². The third kappa shape index (κ3) is 2.17. The number of hydrogen-bond acceptors (Lipinski definition) is 3. The first-order valence-electron chi connectivity index (χ1n) is 6.07. The molecule has 2 fully saturated rings. The maximum Gasteiger partial charge on any atom is 0.308 e. The normalized spacial score (nSPS) is 39.9. The SMILES string of the molecule is CCOC(=O)C1C[C@H]2CCC[C@@H](C1)C2O. The third-order valence-corrected chi connectivity index (χ3v) is 3.91. The van der Waals surface area contributed by atoms with Gasteiger partial charge in [0.15, 0.2) is 0 Å². The van der Waals surface area contributed by atoms with Crippen molar-refractivity contribution in [3.05, 3.63) is 0 Å². The molecule has 0 heterocycles. The fraction of sp³-hybridized carbons (Fsp3) is 0.917. The summed E-state index contributed by atoms with van der Waals surface area (Å²) in [4.78, 5) is 11.6. The van der Waals surface area contributed by atoms with E-state index in [2.05, 4.69) is 0 Å². The van der Waals surface area contributed by atoms with Crippen molar-refractivity contribution in [1.29, 1.82) is 0 Å². The van der Waals surface area contributed by atoms with E-state index in [0.717, 1.165) is 25.7 Å². The van der Waals surface area contributed by atoms with Crippen molar-refractivity contribution in [2.45, 2.75) is 45.1 Å². The van der Waals surface area contributed by atoms with Gasteiger partial charge in [0.25, 0.3) is 0 Å². The van der Waals surface area contributed by atoms with E-state index in [1.165, 1.54) is 6.42 Å². The number of ether oxygens (including phenoxy) is 1. The molecule has 0 saturated heterocycles. The fourth-order valence-corrected chi connectivity index (χ4v) is 3.16. The van der Waals surface area contributed by atoms with Gasteiger partial charge in [-0.25, -0.2) is 0 Å². The van der Waals surface area contributed by atoms with Crippen LogP contribution in [0.3, 0.4) is 0 Å². The van der Waals surface area contributed by atoms with Crippen LogP contribution in [0.25, 0.3) is 0 Å². The van der Waals surface area contributed by atoms with Crippen LogP contribution in [0.5, 0.6) is 0 Å². The lowest BCUT2D eigenvalue weighted by Crippen LogP contribution is -2.42. The van der Waals surface area contributed by atoms with Crippen molar-refractivity contribution < 1.29 is 14.6 Å². The monoisotopic (exact) mass is 212 g/mol. The highest BCUT2D eigenvalue weighted by molar-refractivity contribution is 5.72. The minimum absolute atomic E-state index is 0.0450. The minimum atomic E-state index is -0.163. The summed E-state index contributed by atoms with van der Waals surface area (Å²) >= 11 is 0. The second kappa shape index (κ2) is 4.52. The second-order valence-corrected chi connectivity index (χ2v) is 4.86. The maximum atomic E-state index is 11.6. The summed E-state index contributed by atoms with van der Waals surface area (Å²) in [5.41, 5.74) is 0. The molecular formula is C12H20O3. The summed E-state index contributed by atoms with van der Waals surface area (Å²) < 4.78 is 5.06. The molecular weight excluding hydrogens is 192 g/mol. The van der Waals surface area contributed by atoms with E-state index in [1.54, 1.807) is 0 Å². The molecule has 3 heteroatoms. The summed E-state index contributed by atoms with van der Waals surface area (Å²) in [6.45, 7) is 2.31. The van der Waals surface area contributed by atoms with E-state index in [1.807, 2.05) is 6.92 Å². The largest absolute Gasteiger partial charge is 0.466 e. The molecule has 2 aliphatic carbocycles. The molecule has 2 rings (SSSR count). The second-order valence-electron chi connectivity index (χ2n) is 4.86. The van der Waals surface area contributed by atoms with Crippen molar-refractivity contribution in [3.8, 4) is 0 Å². The van der Waals surface area contributed by atoms with Crippen LogP contribution in [-0.2, 0) is 9.53 Å². The molecule has 0 amide bonds. The Morgan fingerprint density at radius 3 is 2.47 bits per heavy atom. The Balaban J connectivity index is 1.98. The summed E-state index contributed by atoms with van der Waals surface area (Å²) in [5, 5.41) is 9.97. The highest BCUT2D eigenvalue weighted by atomic mass is 16.5. The minimum Gasteiger partial charge on any atom is -0.466 e. The third-order valence-electron chi connectivity index (χ3n) is 3.91. The van der Waals surface area contributed by atoms with Crippen molar-refractivity contribution in [1.82, 2.24) is 0 Å². The summed E-state index contributed by atoms with van der Waals surface area (Å²) in [5.74, 6) is 0.670. The Hall–Kier alpha value is -0.570. The molecule has 1 N–H and O–H groups in total. The van der Waals surface area contributed by atoms with Gasteiger partial charge in [-0.3, -0.25) is 4.79 Å². The molecule has 86 valence electrons. The van der Waals surface area contributed by atoms with Crippen LogP contribution in [-0.4, -0.2) is 23.8 Å². The van der Waals surface area contributed by atoms with Crippen molar-refractivity contribution in [2.24, 2.45) is 17.8 Å². The summed E-state index contributed by atoms with van der Waals surface area (Å²) in [7, 11) is 0. The van der Waals surface area contributed by atoms with Crippen LogP contribution in [0.15, 0.2) is 0 Å². The fourth-order valence-electron chi connectivity index (χ4n) is 3.16. The predicted octanol–water partition coefficient (Wildman–Crippen LogP) is 1.74. The summed E-state index contributed by atoms with van der Waals surface area (Å²) in [6.07, 6.45) is 4.86. The van der Waals surface area contributed by atoms with Crippen LogP contribution in [0.1, 0.15) is 39.0 Å². The van der Waals surface area contributed by atoms with Crippen LogP contribution in [0, 0.1) is 17.8 Å². The molecule has 0 spiro atoms. The summed E-state index contributed by atoms with van der Waals surface area (Å²) in [6, 6.07) is 0. The highest BCUT2D eigenvalue weighted by Gasteiger charge is 2.41. The zero-order valence-corrected chi connectivity index (χ0v) is 9.32. The Labute approximate surface area is 90.8 Å². The van der Waals surface area contributed by atoms with Crippen LogP contribution < -0.4 is 0 Å². The number of hydrogen-bond donors (Lipinski definition) is 1. The molecule has 2 saturated carbocycles. The molecule has 0 radical (unpaired) electrons. The van der Waals surface area contributed by atoms with E-state index in [4.69, 9.17) is 4.74 Å². The van der Waals surface area contributed by atoms with Crippen LogP contribution in [0.4, 0.5) is 0 Å². The zero-order valence-electron chi connectivity index (χ0n) is 9.32. The average molecular weight is 212 g/mol. The molecule has 2 aliphatic rings. The van der Waals surface area contributed by atoms with Crippen molar-refractivity contribution in [2.75, 3.05) is 6.61 Å². The lowest BCUT2D eigenvalue weighted by atomic mass is 9.66. The van der Waals surface area contributed by atoms with Gasteiger partial charge in [-0.2, -0.15) is 0 Å². The number of aliphatic hydroxyl groups excluding tert-OH is 1. The predicted molar refractivity (Wildman–Crippen MR) is 56.2 cm³/mol. The molecule has 15 heavy (non-hydrogen) atoms. The smallest absolute Gasteiger partial charge is 0.308 e. The van der Waals surface area contributed by atoms with Gasteiger partial charge in [-0.1, -0.05) is 6.42 Å². The number of carbonyl (C=O) groups is 1. The number of aliphatic hydroxyl groups is 1. The Morgan fingerprint density at radius 2 is 1.93 bits per heavy atom. The van der Waals surface area contributed by atoms with Gasteiger partial charge < -0.3 is 9.84 Å². The lowest BCUT2D eigenvalue weighted by Gasteiger charge is -2.42. The molecule has 0 aromatic carbocycles. The van der Waals surface area contributed by atoms with Gasteiger partial charge in [-0.15, -0.1) is 0 Å². The number of fused-ring (bicyclic) bond motifs is 2. The van der Waals surface area contributed by atoms with Crippen molar-refractivity contribution in [3.63, 3.8) is 0 Å². The molecule has 2 unspecified atom stereocenters. The maximum absolute atomic E-state index is 11.6. The van der Waals surface area contributed by atoms with Crippen LogP contribution in [0.2, 0.25) is 0 Å². The van der Waals surface area contributed by atoms with Gasteiger partial charge in [0.05, 0.1) is 18.6 Å². The molecule has 3 nitrogen and oxygen atoms in total. The van der Waals surface area contributed by atoms with Gasteiger partial charge in [-0.05, 0) is 44.4 Å². The van der Waals surface area contributed by atoms with Gasteiger partial charge in [0, 0.05) is 0 Å². The topological polar surface area (TPSA) is 46.5 Å². The van der Waals surface area contributed by atoms with E-state index >= 15 is 0 Å². The molecule has 4 atom stereocenters.